The molecule has 0 spiro atoms. The van der Waals surface area contributed by atoms with Crippen LogP contribution in [0, 0.1) is 0 Å². The van der Waals surface area contributed by atoms with Gasteiger partial charge >= 0.3 is 0 Å². The second-order valence-electron chi connectivity index (χ2n) is 2.70. The van der Waals surface area contributed by atoms with Crippen molar-refractivity contribution in [2.45, 2.75) is 0 Å². The van der Waals surface area contributed by atoms with Crippen molar-refractivity contribution in [2.24, 2.45) is 5.10 Å². The first-order chi connectivity index (χ1) is 6.20. The molecule has 0 aliphatic carbocycles. The smallest absolute Gasteiger partial charge is 0.189 e. The quantitative estimate of drug-likeness (QED) is 0.417. The average molecular weight is 196 g/mol. The number of hydrogen-bond donors (Lipinski definition) is 2. The lowest BCUT2D eigenvalue weighted by molar-refractivity contribution is 0.606. The molecule has 0 unspecified atom stereocenters. The number of nitrogens with zero attached hydrogens (tertiary/aromatic N) is 2. The second-order valence-corrected chi connectivity index (χ2v) is 3.08. The Hall–Kier alpha value is -1.36. The van der Waals surface area contributed by atoms with Gasteiger partial charge in [-0.2, -0.15) is 5.10 Å². The summed E-state index contributed by atoms with van der Waals surface area (Å²) in [5.41, 5.74) is 3.67. The Bertz CT molecular complexity index is 289. The molecule has 0 amide bonds. The number of aromatic nitrogens is 1. The van der Waals surface area contributed by atoms with Crippen molar-refractivity contribution >= 4 is 23.5 Å². The van der Waals surface area contributed by atoms with Crippen molar-refractivity contribution < 1.29 is 0 Å². The van der Waals surface area contributed by atoms with Crippen LogP contribution in [0.2, 0.25) is 0 Å². The van der Waals surface area contributed by atoms with Crippen LogP contribution in [-0.4, -0.2) is 35.3 Å². The van der Waals surface area contributed by atoms with Crippen LogP contribution >= 0.6 is 12.2 Å². The molecule has 1 rings (SSSR count). The highest BCUT2D eigenvalue weighted by Crippen LogP contribution is 1.88. The molecule has 1 heterocycles. The molecule has 0 saturated carbocycles. The Morgan fingerprint density at radius 3 is 3.00 bits per heavy atom. The molecule has 0 aliphatic rings. The van der Waals surface area contributed by atoms with E-state index in [4.69, 9.17) is 12.2 Å². The topological polar surface area (TPSA) is 43.4 Å². The van der Waals surface area contributed by atoms with Gasteiger partial charge in [0.2, 0.25) is 0 Å². The number of H-pyrrole nitrogens is 1. The SMILES string of the molecule is CN(C)C(=S)N/N=C/c1ccc[nH]1. The third kappa shape index (κ3) is 3.25. The van der Waals surface area contributed by atoms with E-state index in [-0.39, 0.29) is 0 Å². The average Bonchev–Trinajstić information content (AvgIpc) is 2.56. The first-order valence-electron chi connectivity index (χ1n) is 3.84. The summed E-state index contributed by atoms with van der Waals surface area (Å²) in [6.07, 6.45) is 3.52. The molecule has 0 saturated heterocycles. The Kier molecular flexibility index (Phi) is 3.45. The number of aromatic amines is 1. The first-order valence-corrected chi connectivity index (χ1v) is 4.24. The van der Waals surface area contributed by atoms with Gasteiger partial charge in [-0.15, -0.1) is 0 Å². The van der Waals surface area contributed by atoms with E-state index in [0.717, 1.165) is 5.69 Å². The summed E-state index contributed by atoms with van der Waals surface area (Å²) in [6, 6.07) is 3.83. The van der Waals surface area contributed by atoms with Gasteiger partial charge in [-0.05, 0) is 24.4 Å². The fourth-order valence-corrected chi connectivity index (χ4v) is 0.734. The predicted octanol–water partition coefficient (Wildman–Crippen LogP) is 0.785. The minimum Gasteiger partial charge on any atom is -0.360 e. The Labute approximate surface area is 82.6 Å². The minimum atomic E-state index is 0.586. The maximum Gasteiger partial charge on any atom is 0.189 e. The second kappa shape index (κ2) is 4.61. The van der Waals surface area contributed by atoms with Crippen LogP contribution in [0.4, 0.5) is 0 Å². The maximum atomic E-state index is 4.96. The zero-order valence-electron chi connectivity index (χ0n) is 7.61. The predicted molar refractivity (Wildman–Crippen MR) is 57.8 cm³/mol. The van der Waals surface area contributed by atoms with Crippen LogP contribution in [0.3, 0.4) is 0 Å². The highest BCUT2D eigenvalue weighted by Gasteiger charge is 1.93. The van der Waals surface area contributed by atoms with Gasteiger partial charge in [0, 0.05) is 20.3 Å². The van der Waals surface area contributed by atoms with E-state index >= 15 is 0 Å². The summed E-state index contributed by atoms with van der Waals surface area (Å²) < 4.78 is 0. The summed E-state index contributed by atoms with van der Waals surface area (Å²) in [5, 5.41) is 4.53. The van der Waals surface area contributed by atoms with Crippen molar-refractivity contribution in [3.8, 4) is 0 Å². The number of rotatable bonds is 2. The molecule has 0 bridgehead atoms. The van der Waals surface area contributed by atoms with Gasteiger partial charge in [-0.1, -0.05) is 0 Å². The highest BCUT2D eigenvalue weighted by atomic mass is 32.1. The maximum absolute atomic E-state index is 4.96. The van der Waals surface area contributed by atoms with Crippen molar-refractivity contribution in [1.82, 2.24) is 15.3 Å². The van der Waals surface area contributed by atoms with Gasteiger partial charge in [0.25, 0.3) is 0 Å². The normalized spacial score (nSPS) is 10.3. The fourth-order valence-electron chi connectivity index (χ4n) is 0.682. The van der Waals surface area contributed by atoms with Gasteiger partial charge in [0.15, 0.2) is 5.11 Å². The molecule has 0 fully saturated rings. The zero-order valence-corrected chi connectivity index (χ0v) is 8.43. The van der Waals surface area contributed by atoms with E-state index in [2.05, 4.69) is 15.5 Å². The number of nitrogens with one attached hydrogen (secondary N) is 2. The molecule has 13 heavy (non-hydrogen) atoms. The number of hydrogen-bond acceptors (Lipinski definition) is 2. The Morgan fingerprint density at radius 1 is 1.69 bits per heavy atom. The molecule has 0 aliphatic heterocycles. The summed E-state index contributed by atoms with van der Waals surface area (Å²) >= 11 is 4.96. The molecule has 0 radical (unpaired) electrons. The van der Waals surface area contributed by atoms with Crippen LogP contribution in [0.5, 0.6) is 0 Å². The standard InChI is InChI=1S/C8H12N4S/c1-12(2)8(13)11-10-6-7-4-3-5-9-7/h3-6,9H,1-2H3,(H,11,13)/b10-6+. The van der Waals surface area contributed by atoms with E-state index in [0.29, 0.717) is 5.11 Å². The van der Waals surface area contributed by atoms with E-state index in [1.165, 1.54) is 0 Å². The molecule has 1 aromatic heterocycles. The number of thiocarbonyl (C=S) groups is 1. The minimum absolute atomic E-state index is 0.586. The van der Waals surface area contributed by atoms with Crippen LogP contribution in [0.15, 0.2) is 23.4 Å². The monoisotopic (exact) mass is 196 g/mol. The van der Waals surface area contributed by atoms with Crippen LogP contribution < -0.4 is 5.43 Å². The van der Waals surface area contributed by atoms with E-state index in [1.54, 1.807) is 11.1 Å². The molecule has 4 nitrogen and oxygen atoms in total. The Balaban J connectivity index is 2.39. The van der Waals surface area contributed by atoms with Crippen molar-refractivity contribution in [2.75, 3.05) is 14.1 Å². The molecule has 0 aromatic carbocycles. The lowest BCUT2D eigenvalue weighted by Crippen LogP contribution is -2.30. The van der Waals surface area contributed by atoms with Crippen LogP contribution in [0.25, 0.3) is 0 Å². The van der Waals surface area contributed by atoms with Crippen LogP contribution in [-0.2, 0) is 0 Å². The first kappa shape index (κ1) is 9.73. The molecular formula is C8H12N4S. The summed E-state index contributed by atoms with van der Waals surface area (Å²) in [6.45, 7) is 0. The summed E-state index contributed by atoms with van der Waals surface area (Å²) in [4.78, 5) is 4.77. The van der Waals surface area contributed by atoms with Gasteiger partial charge in [-0.3, -0.25) is 5.43 Å². The highest BCUT2D eigenvalue weighted by molar-refractivity contribution is 7.80. The third-order valence-electron chi connectivity index (χ3n) is 1.39. The van der Waals surface area contributed by atoms with E-state index in [1.807, 2.05) is 32.4 Å². The molecule has 70 valence electrons. The van der Waals surface area contributed by atoms with E-state index < -0.39 is 0 Å². The van der Waals surface area contributed by atoms with Gasteiger partial charge in [0.05, 0.1) is 11.9 Å². The molecular weight excluding hydrogens is 184 g/mol. The third-order valence-corrected chi connectivity index (χ3v) is 1.85. The molecule has 1 aromatic rings. The number of hydrazone groups is 1. The summed E-state index contributed by atoms with van der Waals surface area (Å²) in [5.74, 6) is 0. The fraction of sp³-hybridized carbons (Fsp3) is 0.250. The van der Waals surface area contributed by atoms with Gasteiger partial charge in [-0.25, -0.2) is 0 Å². The van der Waals surface area contributed by atoms with Crippen LogP contribution in [0.1, 0.15) is 5.69 Å². The molecule has 0 atom stereocenters. The lowest BCUT2D eigenvalue weighted by Gasteiger charge is -2.11. The largest absolute Gasteiger partial charge is 0.360 e. The van der Waals surface area contributed by atoms with Crippen molar-refractivity contribution in [3.63, 3.8) is 0 Å². The summed E-state index contributed by atoms with van der Waals surface area (Å²) in [7, 11) is 3.72. The Morgan fingerprint density at radius 2 is 2.46 bits per heavy atom. The van der Waals surface area contributed by atoms with Gasteiger partial charge < -0.3 is 9.88 Å². The van der Waals surface area contributed by atoms with Crippen molar-refractivity contribution in [3.05, 3.63) is 24.0 Å². The molecule has 2 N–H and O–H groups in total. The van der Waals surface area contributed by atoms with Gasteiger partial charge in [0.1, 0.15) is 0 Å². The van der Waals surface area contributed by atoms with Crippen molar-refractivity contribution in [1.29, 1.82) is 0 Å². The van der Waals surface area contributed by atoms with E-state index in [9.17, 15) is 0 Å². The molecule has 5 heteroatoms. The zero-order chi connectivity index (χ0) is 9.68. The lowest BCUT2D eigenvalue weighted by atomic mass is 10.5.